The molecule has 28 heavy (non-hydrogen) atoms. The Hall–Kier alpha value is -2.64. The van der Waals surface area contributed by atoms with Gasteiger partial charge in [-0.25, -0.2) is 8.42 Å². The molecule has 1 aliphatic heterocycles. The van der Waals surface area contributed by atoms with Crippen LogP contribution in [0.5, 0.6) is 0 Å². The third-order valence-electron chi connectivity index (χ3n) is 4.95. The summed E-state index contributed by atoms with van der Waals surface area (Å²) < 4.78 is 27.6. The molecule has 1 amide bonds. The van der Waals surface area contributed by atoms with Crippen LogP contribution in [0.25, 0.3) is 0 Å². The summed E-state index contributed by atoms with van der Waals surface area (Å²) in [5, 5.41) is 2.06. The van der Waals surface area contributed by atoms with Gasteiger partial charge in [-0.05, 0) is 60.7 Å². The van der Waals surface area contributed by atoms with Crippen LogP contribution < -0.4 is 4.72 Å². The van der Waals surface area contributed by atoms with Crippen molar-refractivity contribution < 1.29 is 13.2 Å². The van der Waals surface area contributed by atoms with Crippen molar-refractivity contribution in [1.29, 1.82) is 0 Å². The number of rotatable bonds is 4. The molecule has 0 aliphatic carbocycles. The second-order valence-corrected chi connectivity index (χ2v) is 9.41. The van der Waals surface area contributed by atoms with E-state index < -0.39 is 10.0 Å². The van der Waals surface area contributed by atoms with Crippen LogP contribution in [0.4, 0.5) is 5.69 Å². The lowest BCUT2D eigenvalue weighted by Crippen LogP contribution is -2.38. The summed E-state index contributed by atoms with van der Waals surface area (Å²) in [6, 6.07) is 16.9. The highest BCUT2D eigenvalue weighted by atomic mass is 32.2. The van der Waals surface area contributed by atoms with E-state index in [1.165, 1.54) is 22.6 Å². The Morgan fingerprint density at radius 2 is 1.89 bits per heavy atom. The highest BCUT2D eigenvalue weighted by Crippen LogP contribution is 2.33. The molecule has 0 bridgehead atoms. The van der Waals surface area contributed by atoms with Crippen molar-refractivity contribution in [3.05, 3.63) is 82.0 Å². The number of benzene rings is 2. The minimum Gasteiger partial charge on any atom is -0.331 e. The predicted molar refractivity (Wildman–Crippen MR) is 111 cm³/mol. The Morgan fingerprint density at radius 1 is 1.11 bits per heavy atom. The summed E-state index contributed by atoms with van der Waals surface area (Å²) in [6.07, 6.45) is 0.851. The first-order chi connectivity index (χ1) is 13.5. The lowest BCUT2D eigenvalue weighted by atomic mass is 10.0. The topological polar surface area (TPSA) is 66.5 Å². The van der Waals surface area contributed by atoms with E-state index in [1.807, 2.05) is 11.8 Å². The van der Waals surface area contributed by atoms with E-state index in [9.17, 15) is 13.2 Å². The maximum atomic E-state index is 13.1. The molecule has 0 unspecified atom stereocenters. The number of hydrogen-bond donors (Lipinski definition) is 1. The van der Waals surface area contributed by atoms with Crippen LogP contribution in [0, 0.1) is 0 Å². The van der Waals surface area contributed by atoms with Gasteiger partial charge in [0.25, 0.3) is 15.9 Å². The Morgan fingerprint density at radius 3 is 2.68 bits per heavy atom. The summed E-state index contributed by atoms with van der Waals surface area (Å²) >= 11 is 1.73. The van der Waals surface area contributed by atoms with Crippen LogP contribution in [-0.2, 0) is 16.4 Å². The first kappa shape index (κ1) is 18.7. The molecule has 2 heterocycles. The van der Waals surface area contributed by atoms with Crippen LogP contribution in [0.2, 0.25) is 0 Å². The molecule has 144 valence electrons. The SMILES string of the molecule is C[C@@H]1c2ccsc2CCN1C(=O)c1cccc(NS(=O)(=O)c2ccccc2)c1. The van der Waals surface area contributed by atoms with Crippen molar-refractivity contribution >= 4 is 33.0 Å². The summed E-state index contributed by atoms with van der Waals surface area (Å²) in [7, 11) is -3.70. The summed E-state index contributed by atoms with van der Waals surface area (Å²) in [6.45, 7) is 2.69. The fourth-order valence-corrected chi connectivity index (χ4v) is 5.52. The Labute approximate surface area is 168 Å². The van der Waals surface area contributed by atoms with Crippen molar-refractivity contribution in [3.8, 4) is 0 Å². The van der Waals surface area contributed by atoms with Crippen molar-refractivity contribution in [1.82, 2.24) is 4.90 Å². The molecule has 3 aromatic rings. The Kier molecular flexibility index (Phi) is 4.95. The van der Waals surface area contributed by atoms with Crippen molar-refractivity contribution in [3.63, 3.8) is 0 Å². The molecule has 0 saturated heterocycles. The molecule has 0 spiro atoms. The van der Waals surface area contributed by atoms with Gasteiger partial charge in [-0.2, -0.15) is 0 Å². The van der Waals surface area contributed by atoms with Crippen LogP contribution in [0.1, 0.15) is 33.8 Å². The minimum atomic E-state index is -3.70. The predicted octanol–water partition coefficient (Wildman–Crippen LogP) is 4.31. The quantitative estimate of drug-likeness (QED) is 0.694. The normalized spacial score (nSPS) is 16.5. The first-order valence-corrected chi connectivity index (χ1v) is 11.4. The maximum absolute atomic E-state index is 13.1. The van der Waals surface area contributed by atoms with E-state index in [0.717, 1.165) is 6.42 Å². The van der Waals surface area contributed by atoms with E-state index in [2.05, 4.69) is 16.2 Å². The highest BCUT2D eigenvalue weighted by molar-refractivity contribution is 7.92. The summed E-state index contributed by atoms with van der Waals surface area (Å²) in [5.41, 5.74) is 2.04. The van der Waals surface area contributed by atoms with Gasteiger partial charge in [0.2, 0.25) is 0 Å². The van der Waals surface area contributed by atoms with E-state index in [1.54, 1.807) is 53.8 Å². The zero-order valence-electron chi connectivity index (χ0n) is 15.3. The number of fused-ring (bicyclic) bond motifs is 1. The largest absolute Gasteiger partial charge is 0.331 e. The van der Waals surface area contributed by atoms with Gasteiger partial charge in [0.1, 0.15) is 0 Å². The number of nitrogens with zero attached hydrogens (tertiary/aromatic N) is 1. The van der Waals surface area contributed by atoms with Gasteiger partial charge in [-0.1, -0.05) is 24.3 Å². The zero-order chi connectivity index (χ0) is 19.7. The van der Waals surface area contributed by atoms with Crippen LogP contribution in [-0.4, -0.2) is 25.8 Å². The molecule has 1 aliphatic rings. The van der Waals surface area contributed by atoms with Gasteiger partial charge in [-0.3, -0.25) is 9.52 Å². The minimum absolute atomic E-state index is 0.00664. The van der Waals surface area contributed by atoms with Crippen LogP contribution in [0.15, 0.2) is 70.9 Å². The van der Waals surface area contributed by atoms with Crippen LogP contribution in [0.3, 0.4) is 0 Å². The van der Waals surface area contributed by atoms with Gasteiger partial charge in [-0.15, -0.1) is 11.3 Å². The Bertz CT molecular complexity index is 1110. The number of sulfonamides is 1. The monoisotopic (exact) mass is 412 g/mol. The third-order valence-corrected chi connectivity index (χ3v) is 7.35. The number of nitrogens with one attached hydrogen (secondary N) is 1. The fourth-order valence-electron chi connectivity index (χ4n) is 3.48. The fraction of sp³-hybridized carbons (Fsp3) is 0.190. The van der Waals surface area contributed by atoms with Gasteiger partial charge < -0.3 is 4.90 Å². The van der Waals surface area contributed by atoms with Crippen LogP contribution >= 0.6 is 11.3 Å². The smallest absolute Gasteiger partial charge is 0.261 e. The number of hydrogen-bond acceptors (Lipinski definition) is 4. The van der Waals surface area contributed by atoms with Gasteiger partial charge in [0, 0.05) is 22.7 Å². The van der Waals surface area contributed by atoms with Gasteiger partial charge >= 0.3 is 0 Å². The average Bonchev–Trinajstić information content (AvgIpc) is 3.18. The molecule has 4 rings (SSSR count). The molecule has 1 atom stereocenters. The van der Waals surface area contributed by atoms with E-state index >= 15 is 0 Å². The van der Waals surface area contributed by atoms with Crippen molar-refractivity contribution in [2.45, 2.75) is 24.3 Å². The standard InChI is InChI=1S/C21H20N2O3S2/c1-15-19-11-13-27-20(19)10-12-23(15)21(24)16-6-5-7-17(14-16)22-28(25,26)18-8-3-2-4-9-18/h2-9,11,13-15,22H,10,12H2,1H3/t15-/m1/s1. The van der Waals surface area contributed by atoms with Crippen molar-refractivity contribution in [2.24, 2.45) is 0 Å². The lowest BCUT2D eigenvalue weighted by molar-refractivity contribution is 0.0679. The Balaban J connectivity index is 1.57. The number of carbonyl (C=O) groups is 1. The average molecular weight is 413 g/mol. The van der Waals surface area contributed by atoms with Gasteiger partial charge in [0.05, 0.1) is 10.9 Å². The number of amides is 1. The third kappa shape index (κ3) is 3.55. The molecule has 0 fully saturated rings. The number of carbonyl (C=O) groups excluding carboxylic acids is 1. The highest BCUT2D eigenvalue weighted by Gasteiger charge is 2.29. The zero-order valence-corrected chi connectivity index (χ0v) is 17.0. The van der Waals surface area contributed by atoms with E-state index in [0.29, 0.717) is 17.8 Å². The molecule has 0 radical (unpaired) electrons. The van der Waals surface area contributed by atoms with Gasteiger partial charge in [0.15, 0.2) is 0 Å². The maximum Gasteiger partial charge on any atom is 0.261 e. The molecule has 1 aromatic heterocycles. The first-order valence-electron chi connectivity index (χ1n) is 9.01. The molecular weight excluding hydrogens is 392 g/mol. The second-order valence-electron chi connectivity index (χ2n) is 6.72. The lowest BCUT2D eigenvalue weighted by Gasteiger charge is -2.33. The summed E-state index contributed by atoms with van der Waals surface area (Å²) in [4.78, 5) is 16.4. The van der Waals surface area contributed by atoms with E-state index in [-0.39, 0.29) is 16.8 Å². The molecule has 2 aromatic carbocycles. The molecule has 0 saturated carbocycles. The van der Waals surface area contributed by atoms with E-state index in [4.69, 9.17) is 0 Å². The molecule has 5 nitrogen and oxygen atoms in total. The second kappa shape index (κ2) is 7.41. The molecule has 1 N–H and O–H groups in total. The molecular formula is C21H20N2O3S2. The molecule has 7 heteroatoms. The summed E-state index contributed by atoms with van der Waals surface area (Å²) in [5.74, 6) is -0.0925. The number of thiophene rings is 1. The van der Waals surface area contributed by atoms with Crippen molar-refractivity contribution in [2.75, 3.05) is 11.3 Å². The number of anilines is 1.